The minimum Gasteiger partial charge on any atom is -0.388 e. The van der Waals surface area contributed by atoms with E-state index < -0.39 is 5.60 Å². The van der Waals surface area contributed by atoms with Crippen LogP contribution in [0.15, 0.2) is 22.7 Å². The molecule has 0 spiro atoms. The Kier molecular flexibility index (Phi) is 5.22. The Balaban J connectivity index is 1.99. The molecule has 1 aromatic carbocycles. The molecule has 0 heterocycles. The van der Waals surface area contributed by atoms with Crippen LogP contribution in [0.4, 0.5) is 0 Å². The molecule has 1 saturated carbocycles. The van der Waals surface area contributed by atoms with E-state index in [1.54, 1.807) is 0 Å². The monoisotopic (exact) mass is 339 g/mol. The largest absolute Gasteiger partial charge is 0.388 e. The van der Waals surface area contributed by atoms with E-state index in [-0.39, 0.29) is 5.91 Å². The molecule has 0 bridgehead atoms. The first-order valence-electron chi connectivity index (χ1n) is 7.27. The minimum atomic E-state index is -0.730. The van der Waals surface area contributed by atoms with Crippen molar-refractivity contribution in [3.8, 4) is 0 Å². The molecular weight excluding hydrogens is 318 g/mol. The molecule has 0 aliphatic heterocycles. The van der Waals surface area contributed by atoms with Gasteiger partial charge in [0.15, 0.2) is 0 Å². The molecule has 1 aliphatic rings. The Morgan fingerprint density at radius 1 is 1.30 bits per heavy atom. The minimum absolute atomic E-state index is 0.110. The summed E-state index contributed by atoms with van der Waals surface area (Å²) >= 11 is 3.43. The fourth-order valence-corrected chi connectivity index (χ4v) is 3.12. The van der Waals surface area contributed by atoms with Crippen LogP contribution < -0.4 is 5.32 Å². The van der Waals surface area contributed by atoms with Gasteiger partial charge >= 0.3 is 0 Å². The van der Waals surface area contributed by atoms with Gasteiger partial charge < -0.3 is 10.4 Å². The lowest BCUT2D eigenvalue weighted by Crippen LogP contribution is -2.42. The van der Waals surface area contributed by atoms with Crippen LogP contribution in [-0.2, 0) is 0 Å². The van der Waals surface area contributed by atoms with Crippen LogP contribution in [0.2, 0.25) is 0 Å². The maximum absolute atomic E-state index is 12.2. The van der Waals surface area contributed by atoms with Gasteiger partial charge in [-0.2, -0.15) is 0 Å². The molecule has 0 atom stereocenters. The highest BCUT2D eigenvalue weighted by Gasteiger charge is 2.28. The summed E-state index contributed by atoms with van der Waals surface area (Å²) in [6, 6.07) is 5.59. The number of hydrogen-bond acceptors (Lipinski definition) is 2. The highest BCUT2D eigenvalue weighted by Crippen LogP contribution is 2.26. The van der Waals surface area contributed by atoms with Crippen LogP contribution in [0.5, 0.6) is 0 Å². The first kappa shape index (κ1) is 15.5. The van der Waals surface area contributed by atoms with Crippen LogP contribution in [-0.4, -0.2) is 23.2 Å². The third-order valence-corrected chi connectivity index (χ3v) is 4.98. The molecule has 0 unspecified atom stereocenters. The van der Waals surface area contributed by atoms with Crippen molar-refractivity contribution in [2.75, 3.05) is 6.54 Å². The zero-order valence-electron chi connectivity index (χ0n) is 11.9. The predicted octanol–water partition coefficient (Wildman–Crippen LogP) is 3.57. The maximum Gasteiger partial charge on any atom is 0.251 e. The Bertz CT molecular complexity index is 479. The van der Waals surface area contributed by atoms with Crippen LogP contribution in [0.1, 0.15) is 54.4 Å². The van der Waals surface area contributed by atoms with E-state index in [1.807, 2.05) is 25.1 Å². The van der Waals surface area contributed by atoms with Gasteiger partial charge in [0.1, 0.15) is 0 Å². The van der Waals surface area contributed by atoms with E-state index in [9.17, 15) is 9.90 Å². The van der Waals surface area contributed by atoms with Crippen molar-refractivity contribution in [2.24, 2.45) is 0 Å². The smallest absolute Gasteiger partial charge is 0.251 e. The van der Waals surface area contributed by atoms with Gasteiger partial charge in [0.05, 0.1) is 5.60 Å². The SMILES string of the molecule is Cc1c(Br)cccc1C(=O)NCC1(O)CCCCCC1. The molecule has 110 valence electrons. The first-order chi connectivity index (χ1) is 9.52. The Morgan fingerprint density at radius 3 is 2.60 bits per heavy atom. The maximum atomic E-state index is 12.2. The van der Waals surface area contributed by atoms with Crippen molar-refractivity contribution in [1.82, 2.24) is 5.32 Å². The summed E-state index contributed by atoms with van der Waals surface area (Å²) in [7, 11) is 0. The van der Waals surface area contributed by atoms with Gasteiger partial charge in [-0.05, 0) is 37.5 Å². The molecule has 4 heteroatoms. The van der Waals surface area contributed by atoms with Gasteiger partial charge in [-0.3, -0.25) is 4.79 Å². The highest BCUT2D eigenvalue weighted by atomic mass is 79.9. The van der Waals surface area contributed by atoms with Gasteiger partial charge in [-0.1, -0.05) is 47.7 Å². The summed E-state index contributed by atoms with van der Waals surface area (Å²) in [6.45, 7) is 2.26. The summed E-state index contributed by atoms with van der Waals surface area (Å²) < 4.78 is 0.929. The molecule has 20 heavy (non-hydrogen) atoms. The number of benzene rings is 1. The third kappa shape index (κ3) is 3.83. The van der Waals surface area contributed by atoms with Crippen molar-refractivity contribution in [1.29, 1.82) is 0 Å². The summed E-state index contributed by atoms with van der Waals surface area (Å²) in [5.41, 5.74) is 0.862. The van der Waals surface area contributed by atoms with Crippen LogP contribution >= 0.6 is 15.9 Å². The summed E-state index contributed by atoms with van der Waals surface area (Å²) in [5, 5.41) is 13.4. The van der Waals surface area contributed by atoms with Gasteiger partial charge in [0, 0.05) is 16.6 Å². The Labute approximate surface area is 128 Å². The predicted molar refractivity (Wildman–Crippen MR) is 83.9 cm³/mol. The van der Waals surface area contributed by atoms with Gasteiger partial charge in [-0.15, -0.1) is 0 Å². The van der Waals surface area contributed by atoms with Crippen molar-refractivity contribution < 1.29 is 9.90 Å². The quantitative estimate of drug-likeness (QED) is 0.827. The van der Waals surface area contributed by atoms with E-state index in [2.05, 4.69) is 21.2 Å². The fraction of sp³-hybridized carbons (Fsp3) is 0.562. The number of aliphatic hydroxyl groups is 1. The number of amides is 1. The second-order valence-corrected chi connectivity index (χ2v) is 6.59. The molecule has 3 nitrogen and oxygen atoms in total. The van der Waals surface area contributed by atoms with Crippen molar-refractivity contribution in [3.05, 3.63) is 33.8 Å². The third-order valence-electron chi connectivity index (χ3n) is 4.12. The van der Waals surface area contributed by atoms with Crippen molar-refractivity contribution in [2.45, 2.75) is 51.0 Å². The Hall–Kier alpha value is -0.870. The lowest BCUT2D eigenvalue weighted by Gasteiger charge is -2.27. The average Bonchev–Trinajstić information content (AvgIpc) is 2.65. The fourth-order valence-electron chi connectivity index (χ4n) is 2.76. The number of carbonyl (C=O) groups is 1. The molecule has 1 aromatic rings. The van der Waals surface area contributed by atoms with E-state index in [0.29, 0.717) is 12.1 Å². The number of rotatable bonds is 3. The van der Waals surface area contributed by atoms with E-state index >= 15 is 0 Å². The number of hydrogen-bond donors (Lipinski definition) is 2. The van der Waals surface area contributed by atoms with Crippen molar-refractivity contribution >= 4 is 21.8 Å². The molecule has 2 rings (SSSR count). The average molecular weight is 340 g/mol. The summed E-state index contributed by atoms with van der Waals surface area (Å²) in [6.07, 6.45) is 6.02. The summed E-state index contributed by atoms with van der Waals surface area (Å²) in [4.78, 5) is 12.2. The lowest BCUT2D eigenvalue weighted by molar-refractivity contribution is 0.0246. The zero-order chi connectivity index (χ0) is 14.6. The van der Waals surface area contributed by atoms with Crippen molar-refractivity contribution in [3.63, 3.8) is 0 Å². The second-order valence-electron chi connectivity index (χ2n) is 5.73. The highest BCUT2D eigenvalue weighted by molar-refractivity contribution is 9.10. The zero-order valence-corrected chi connectivity index (χ0v) is 13.5. The van der Waals surface area contributed by atoms with Gasteiger partial charge in [-0.25, -0.2) is 0 Å². The number of halogens is 1. The molecule has 0 saturated heterocycles. The molecule has 1 aliphatic carbocycles. The van der Waals surface area contributed by atoms with Crippen LogP contribution in [0.25, 0.3) is 0 Å². The van der Waals surface area contributed by atoms with E-state index in [0.717, 1.165) is 35.7 Å². The molecule has 0 aromatic heterocycles. The number of carbonyl (C=O) groups excluding carboxylic acids is 1. The first-order valence-corrected chi connectivity index (χ1v) is 8.07. The molecule has 0 radical (unpaired) electrons. The molecule has 2 N–H and O–H groups in total. The standard InChI is InChI=1S/C16H22BrNO2/c1-12-13(7-6-8-14(12)17)15(19)18-11-16(20)9-4-2-3-5-10-16/h6-8,20H,2-5,9-11H2,1H3,(H,18,19). The van der Waals surface area contributed by atoms with Gasteiger partial charge in [0.25, 0.3) is 5.91 Å². The Morgan fingerprint density at radius 2 is 1.95 bits per heavy atom. The number of nitrogens with one attached hydrogen (secondary N) is 1. The normalized spacial score (nSPS) is 18.4. The van der Waals surface area contributed by atoms with E-state index in [1.165, 1.54) is 12.8 Å². The molecular formula is C16H22BrNO2. The topological polar surface area (TPSA) is 49.3 Å². The second kappa shape index (κ2) is 6.72. The van der Waals surface area contributed by atoms with E-state index in [4.69, 9.17) is 0 Å². The summed E-state index contributed by atoms with van der Waals surface area (Å²) in [5.74, 6) is -0.110. The van der Waals surface area contributed by atoms with Crippen LogP contribution in [0, 0.1) is 6.92 Å². The lowest BCUT2D eigenvalue weighted by atomic mass is 9.94. The van der Waals surface area contributed by atoms with Gasteiger partial charge in [0.2, 0.25) is 0 Å². The molecule has 1 fully saturated rings. The van der Waals surface area contributed by atoms with Crippen LogP contribution in [0.3, 0.4) is 0 Å². The molecule has 1 amide bonds.